The van der Waals surface area contributed by atoms with Crippen LogP contribution in [0, 0.1) is 5.92 Å². The van der Waals surface area contributed by atoms with Crippen molar-refractivity contribution in [1.82, 2.24) is 14.5 Å². The van der Waals surface area contributed by atoms with E-state index in [1.165, 1.54) is 0 Å². The van der Waals surface area contributed by atoms with Gasteiger partial charge in [-0.3, -0.25) is 9.36 Å². The number of hydrogen-bond donors (Lipinski definition) is 0. The average Bonchev–Trinajstić information content (AvgIpc) is 3.32. The molecule has 6 nitrogen and oxygen atoms in total. The fourth-order valence-electron chi connectivity index (χ4n) is 3.86. The van der Waals surface area contributed by atoms with Crippen LogP contribution in [0.25, 0.3) is 11.0 Å². The number of carbonyl (C=O) groups is 1. The van der Waals surface area contributed by atoms with E-state index < -0.39 is 6.55 Å². The summed E-state index contributed by atoms with van der Waals surface area (Å²) in [6.07, 6.45) is 1.11. The Bertz CT molecular complexity index is 1090. The number of amides is 1. The smallest absolute Gasteiger partial charge is 0.320 e. The molecule has 2 unspecified atom stereocenters. The van der Waals surface area contributed by atoms with Gasteiger partial charge in [-0.25, -0.2) is 4.98 Å². The molecule has 4 rings (SSSR count). The van der Waals surface area contributed by atoms with Crippen molar-refractivity contribution < 1.29 is 23.0 Å². The lowest BCUT2D eigenvalue weighted by atomic mass is 10.0. The van der Waals surface area contributed by atoms with E-state index in [9.17, 15) is 13.6 Å². The molecule has 0 saturated carbocycles. The van der Waals surface area contributed by atoms with Crippen molar-refractivity contribution in [3.8, 4) is 11.5 Å². The number of nitrogens with zero attached hydrogens (tertiary/aromatic N) is 3. The number of rotatable bonds is 7. The molecule has 0 spiro atoms. The predicted molar refractivity (Wildman–Crippen MR) is 115 cm³/mol. The number of hydrogen-bond acceptors (Lipinski definition) is 4. The van der Waals surface area contributed by atoms with Crippen LogP contribution in [0.3, 0.4) is 0 Å². The monoisotopic (exact) mass is 493 g/mol. The van der Waals surface area contributed by atoms with Gasteiger partial charge in [-0.15, -0.1) is 0 Å². The number of ether oxygens (including phenoxy) is 2. The van der Waals surface area contributed by atoms with Gasteiger partial charge in [0, 0.05) is 29.9 Å². The highest BCUT2D eigenvalue weighted by atomic mass is 79.9. The molecule has 9 heteroatoms. The lowest BCUT2D eigenvalue weighted by molar-refractivity contribution is -0.128. The SMILES string of the molecule is COc1ccc(CN2CC(C(C)Oc3cc(Br)cc4ncn(C(F)F)c34)CC2=O)cc1. The van der Waals surface area contributed by atoms with E-state index in [0.29, 0.717) is 35.2 Å². The zero-order valence-electron chi connectivity index (χ0n) is 17.1. The highest BCUT2D eigenvalue weighted by Gasteiger charge is 2.34. The number of halogens is 3. The molecule has 0 radical (unpaired) electrons. The molecule has 1 amide bonds. The fourth-order valence-corrected chi connectivity index (χ4v) is 4.28. The molecule has 0 bridgehead atoms. The zero-order valence-corrected chi connectivity index (χ0v) is 18.7. The summed E-state index contributed by atoms with van der Waals surface area (Å²) < 4.78 is 39.5. The number of methoxy groups -OCH3 is 1. The molecular weight excluding hydrogens is 472 g/mol. The first-order valence-electron chi connectivity index (χ1n) is 9.87. The second-order valence-corrected chi connectivity index (χ2v) is 8.53. The maximum Gasteiger partial charge on any atom is 0.320 e. The molecule has 2 aromatic carbocycles. The third-order valence-corrected chi connectivity index (χ3v) is 6.02. The maximum absolute atomic E-state index is 13.4. The quantitative estimate of drug-likeness (QED) is 0.463. The topological polar surface area (TPSA) is 56.6 Å². The largest absolute Gasteiger partial charge is 0.497 e. The minimum atomic E-state index is -2.73. The van der Waals surface area contributed by atoms with E-state index in [-0.39, 0.29) is 23.4 Å². The number of imidazole rings is 1. The van der Waals surface area contributed by atoms with Crippen molar-refractivity contribution in [1.29, 1.82) is 0 Å². The molecule has 1 fully saturated rings. The molecule has 1 saturated heterocycles. The number of likely N-dealkylation sites (tertiary alicyclic amines) is 1. The minimum Gasteiger partial charge on any atom is -0.497 e. The number of alkyl halides is 2. The van der Waals surface area contributed by atoms with Gasteiger partial charge in [0.15, 0.2) is 0 Å². The Morgan fingerprint density at radius 2 is 2.00 bits per heavy atom. The van der Waals surface area contributed by atoms with Crippen LogP contribution in [-0.2, 0) is 11.3 Å². The Morgan fingerprint density at radius 3 is 2.68 bits per heavy atom. The van der Waals surface area contributed by atoms with Crippen molar-refractivity contribution in [2.24, 2.45) is 5.92 Å². The number of benzene rings is 2. The summed E-state index contributed by atoms with van der Waals surface area (Å²) in [7, 11) is 1.61. The summed E-state index contributed by atoms with van der Waals surface area (Å²) in [4.78, 5) is 18.4. The molecule has 0 aliphatic carbocycles. The van der Waals surface area contributed by atoms with E-state index in [4.69, 9.17) is 9.47 Å². The Hall–Kier alpha value is -2.68. The standard InChI is InChI=1S/C22H22BrF2N3O3/c1-13(31-19-9-16(23)8-18-21(19)28(12-26-18)22(24)25)15-7-20(29)27(11-15)10-14-3-5-17(30-2)6-4-14/h3-6,8-9,12-13,15,22H,7,10-11H2,1-2H3. The highest BCUT2D eigenvalue weighted by molar-refractivity contribution is 9.10. The minimum absolute atomic E-state index is 0.0493. The molecule has 1 aliphatic rings. The van der Waals surface area contributed by atoms with Crippen LogP contribution in [0.15, 0.2) is 47.2 Å². The molecule has 3 aromatic rings. The van der Waals surface area contributed by atoms with Crippen molar-refractivity contribution >= 4 is 32.9 Å². The summed E-state index contributed by atoms with van der Waals surface area (Å²) in [5.41, 5.74) is 1.67. The molecule has 0 N–H and O–H groups in total. The van der Waals surface area contributed by atoms with Crippen LogP contribution in [0.5, 0.6) is 11.5 Å². The summed E-state index contributed by atoms with van der Waals surface area (Å²) in [5.74, 6) is 1.08. The molecule has 2 heterocycles. The molecular formula is C22H22BrF2N3O3. The Morgan fingerprint density at radius 1 is 1.26 bits per heavy atom. The summed E-state index contributed by atoms with van der Waals surface area (Å²) in [6.45, 7) is 0.185. The predicted octanol–water partition coefficient (Wildman–Crippen LogP) is 5.02. The third-order valence-electron chi connectivity index (χ3n) is 5.56. The number of aromatic nitrogens is 2. The number of fused-ring (bicyclic) bond motifs is 1. The van der Waals surface area contributed by atoms with Crippen LogP contribution >= 0.6 is 15.9 Å². The van der Waals surface area contributed by atoms with Gasteiger partial charge >= 0.3 is 6.55 Å². The first-order chi connectivity index (χ1) is 14.9. The highest BCUT2D eigenvalue weighted by Crippen LogP contribution is 2.34. The number of carbonyl (C=O) groups excluding carboxylic acids is 1. The Kier molecular flexibility index (Phi) is 6.13. The van der Waals surface area contributed by atoms with Crippen molar-refractivity contribution in [2.75, 3.05) is 13.7 Å². The van der Waals surface area contributed by atoms with Crippen LogP contribution < -0.4 is 9.47 Å². The van der Waals surface area contributed by atoms with E-state index >= 15 is 0 Å². The summed E-state index contributed by atoms with van der Waals surface area (Å²) >= 11 is 3.38. The molecule has 2 atom stereocenters. The summed E-state index contributed by atoms with van der Waals surface area (Å²) in [6, 6.07) is 10.9. The van der Waals surface area contributed by atoms with E-state index in [1.807, 2.05) is 31.2 Å². The van der Waals surface area contributed by atoms with Crippen molar-refractivity contribution in [3.05, 3.63) is 52.8 Å². The van der Waals surface area contributed by atoms with Crippen LogP contribution in [-0.4, -0.2) is 40.1 Å². The first kappa shape index (κ1) is 21.5. The van der Waals surface area contributed by atoms with Gasteiger partial charge in [0.1, 0.15) is 29.4 Å². The van der Waals surface area contributed by atoms with Gasteiger partial charge in [0.05, 0.1) is 12.6 Å². The molecule has 164 valence electrons. The van der Waals surface area contributed by atoms with E-state index in [0.717, 1.165) is 22.2 Å². The van der Waals surface area contributed by atoms with E-state index in [1.54, 1.807) is 24.1 Å². The molecule has 1 aromatic heterocycles. The lowest BCUT2D eigenvalue weighted by Gasteiger charge is -2.22. The van der Waals surface area contributed by atoms with Crippen LogP contribution in [0.1, 0.15) is 25.5 Å². The third kappa shape index (κ3) is 4.51. The van der Waals surface area contributed by atoms with Crippen LogP contribution in [0.4, 0.5) is 8.78 Å². The fraction of sp³-hybridized carbons (Fsp3) is 0.364. The van der Waals surface area contributed by atoms with Gasteiger partial charge in [0.2, 0.25) is 5.91 Å². The van der Waals surface area contributed by atoms with Gasteiger partial charge in [-0.1, -0.05) is 28.1 Å². The van der Waals surface area contributed by atoms with Gasteiger partial charge in [-0.2, -0.15) is 8.78 Å². The lowest BCUT2D eigenvalue weighted by Crippen LogP contribution is -2.28. The van der Waals surface area contributed by atoms with Crippen LogP contribution in [0.2, 0.25) is 0 Å². The average molecular weight is 494 g/mol. The normalized spacial score (nSPS) is 17.5. The van der Waals surface area contributed by atoms with Crippen molar-refractivity contribution in [2.45, 2.75) is 32.5 Å². The van der Waals surface area contributed by atoms with Crippen molar-refractivity contribution in [3.63, 3.8) is 0 Å². The maximum atomic E-state index is 13.4. The zero-order chi connectivity index (χ0) is 22.1. The molecule has 31 heavy (non-hydrogen) atoms. The Labute approximate surface area is 186 Å². The Balaban J connectivity index is 1.48. The molecule has 1 aliphatic heterocycles. The van der Waals surface area contributed by atoms with Gasteiger partial charge in [-0.05, 0) is 36.8 Å². The van der Waals surface area contributed by atoms with Gasteiger partial charge < -0.3 is 14.4 Å². The van der Waals surface area contributed by atoms with Gasteiger partial charge in [0.25, 0.3) is 0 Å². The second kappa shape index (κ2) is 8.82. The first-order valence-corrected chi connectivity index (χ1v) is 10.7. The summed E-state index contributed by atoms with van der Waals surface area (Å²) in [5, 5.41) is 0. The van der Waals surface area contributed by atoms with E-state index in [2.05, 4.69) is 20.9 Å². The second-order valence-electron chi connectivity index (χ2n) is 7.61.